The van der Waals surface area contributed by atoms with E-state index in [1.165, 1.54) is 6.26 Å². The van der Waals surface area contributed by atoms with E-state index in [-0.39, 0.29) is 0 Å². The van der Waals surface area contributed by atoms with E-state index in [9.17, 15) is 8.42 Å². The Morgan fingerprint density at radius 2 is 2.00 bits per heavy atom. The van der Waals surface area contributed by atoms with Crippen molar-refractivity contribution in [1.82, 2.24) is 15.5 Å². The molecule has 7 nitrogen and oxygen atoms in total. The predicted octanol–water partition coefficient (Wildman–Crippen LogP) is 1.03. The molecule has 0 spiro atoms. The number of benzene rings is 1. The molecule has 1 fully saturated rings. The van der Waals surface area contributed by atoms with Gasteiger partial charge in [0.15, 0.2) is 15.8 Å². The number of aliphatic imine (C=N–C) groups is 1. The number of aryl methyl sites for hydroxylation is 1. The maximum atomic E-state index is 11.7. The molecule has 1 aliphatic heterocycles. The van der Waals surface area contributed by atoms with Crippen molar-refractivity contribution in [2.45, 2.75) is 25.3 Å². The number of rotatable bonds is 7. The zero-order valence-electron chi connectivity index (χ0n) is 16.8. The van der Waals surface area contributed by atoms with Gasteiger partial charge in [-0.3, -0.25) is 9.89 Å². The van der Waals surface area contributed by atoms with Gasteiger partial charge in [-0.1, -0.05) is 19.1 Å². The first kappa shape index (κ1) is 21.7. The van der Waals surface area contributed by atoms with Crippen molar-refractivity contribution >= 4 is 15.8 Å². The summed E-state index contributed by atoms with van der Waals surface area (Å²) >= 11 is 0. The number of morpholine rings is 1. The van der Waals surface area contributed by atoms with Crippen LogP contribution in [0.5, 0.6) is 0 Å². The van der Waals surface area contributed by atoms with Crippen LogP contribution in [0.25, 0.3) is 0 Å². The lowest BCUT2D eigenvalue weighted by Gasteiger charge is -2.29. The van der Waals surface area contributed by atoms with Crippen LogP contribution >= 0.6 is 0 Å². The number of guanidine groups is 1. The second-order valence-electron chi connectivity index (χ2n) is 7.20. The van der Waals surface area contributed by atoms with Gasteiger partial charge in [0.25, 0.3) is 0 Å². The first-order valence-corrected chi connectivity index (χ1v) is 11.2. The highest BCUT2D eigenvalue weighted by Crippen LogP contribution is 2.16. The van der Waals surface area contributed by atoms with Crippen LogP contribution in [-0.4, -0.2) is 72.0 Å². The highest BCUT2D eigenvalue weighted by molar-refractivity contribution is 7.90. The summed E-state index contributed by atoms with van der Waals surface area (Å²) in [7, 11) is -1.44. The van der Waals surface area contributed by atoms with Gasteiger partial charge in [0.1, 0.15) is 0 Å². The summed E-state index contributed by atoms with van der Waals surface area (Å²) in [6, 6.07) is 5.41. The summed E-state index contributed by atoms with van der Waals surface area (Å²) in [4.78, 5) is 7.08. The zero-order valence-corrected chi connectivity index (χ0v) is 17.6. The van der Waals surface area contributed by atoms with Gasteiger partial charge in [-0.2, -0.15) is 0 Å². The Balaban J connectivity index is 1.80. The Morgan fingerprint density at radius 1 is 1.30 bits per heavy atom. The average molecular weight is 397 g/mol. The minimum Gasteiger partial charge on any atom is -0.379 e. The third kappa shape index (κ3) is 7.12. The molecular weight excluding hydrogens is 364 g/mol. The van der Waals surface area contributed by atoms with E-state index in [0.29, 0.717) is 17.4 Å². The number of ether oxygens (including phenoxy) is 1. The van der Waals surface area contributed by atoms with Crippen LogP contribution in [0.1, 0.15) is 18.1 Å². The largest absolute Gasteiger partial charge is 0.379 e. The van der Waals surface area contributed by atoms with Gasteiger partial charge in [0.2, 0.25) is 0 Å². The molecule has 0 bridgehead atoms. The maximum Gasteiger partial charge on any atom is 0.191 e. The molecular formula is C19H32N4O3S. The van der Waals surface area contributed by atoms with Crippen molar-refractivity contribution in [3.05, 3.63) is 29.3 Å². The maximum absolute atomic E-state index is 11.7. The van der Waals surface area contributed by atoms with Crippen LogP contribution in [-0.2, 0) is 21.1 Å². The van der Waals surface area contributed by atoms with Crippen LogP contribution < -0.4 is 10.6 Å². The summed E-state index contributed by atoms with van der Waals surface area (Å²) in [5.74, 6) is 1.24. The van der Waals surface area contributed by atoms with Crippen molar-refractivity contribution in [2.75, 3.05) is 52.7 Å². The minimum atomic E-state index is -3.18. The molecule has 0 aromatic heterocycles. The van der Waals surface area contributed by atoms with E-state index in [1.807, 2.05) is 19.1 Å². The second kappa shape index (κ2) is 10.1. The Labute approximate surface area is 163 Å². The standard InChI is InChI=1S/C19H32N4O3S/c1-15(14-23-7-9-26-10-8-23)12-21-19(20-3)22-13-17-5-6-18(16(2)11-17)27(4,24)25/h5-6,11,15H,7-10,12-14H2,1-4H3,(H2,20,21,22). The second-order valence-corrected chi connectivity index (χ2v) is 9.18. The normalized spacial score (nSPS) is 17.6. The quantitative estimate of drug-likeness (QED) is 0.529. The van der Waals surface area contributed by atoms with E-state index >= 15 is 0 Å². The summed E-state index contributed by atoms with van der Waals surface area (Å²) in [6.07, 6.45) is 1.23. The minimum absolute atomic E-state index is 0.380. The van der Waals surface area contributed by atoms with Crippen LogP contribution in [0.15, 0.2) is 28.1 Å². The lowest BCUT2D eigenvalue weighted by molar-refractivity contribution is 0.0320. The molecule has 1 heterocycles. The first-order chi connectivity index (χ1) is 12.8. The van der Waals surface area contributed by atoms with E-state index in [1.54, 1.807) is 13.1 Å². The Kier molecular flexibility index (Phi) is 8.07. The molecule has 0 aliphatic carbocycles. The lowest BCUT2D eigenvalue weighted by atomic mass is 10.1. The third-order valence-corrected chi connectivity index (χ3v) is 5.87. The fourth-order valence-electron chi connectivity index (χ4n) is 3.20. The van der Waals surface area contributed by atoms with Gasteiger partial charge in [0.05, 0.1) is 18.1 Å². The van der Waals surface area contributed by atoms with Gasteiger partial charge >= 0.3 is 0 Å². The van der Waals surface area contributed by atoms with Gasteiger partial charge in [-0.15, -0.1) is 0 Å². The molecule has 0 amide bonds. The summed E-state index contributed by atoms with van der Waals surface area (Å²) in [5, 5.41) is 6.65. The van der Waals surface area contributed by atoms with Crippen LogP contribution in [0.4, 0.5) is 0 Å². The third-order valence-electron chi connectivity index (χ3n) is 4.61. The SMILES string of the molecule is CN=C(NCc1ccc(S(C)(=O)=O)c(C)c1)NCC(C)CN1CCOCC1. The van der Waals surface area contributed by atoms with Crippen molar-refractivity contribution in [3.8, 4) is 0 Å². The van der Waals surface area contributed by atoms with Gasteiger partial charge < -0.3 is 15.4 Å². The molecule has 1 atom stereocenters. The van der Waals surface area contributed by atoms with Crippen molar-refractivity contribution < 1.29 is 13.2 Å². The predicted molar refractivity (Wildman–Crippen MR) is 109 cm³/mol. The molecule has 0 saturated carbocycles. The molecule has 27 heavy (non-hydrogen) atoms. The van der Waals surface area contributed by atoms with Gasteiger partial charge in [0, 0.05) is 46.0 Å². The van der Waals surface area contributed by atoms with Crippen LogP contribution in [0, 0.1) is 12.8 Å². The molecule has 1 saturated heterocycles. The molecule has 2 rings (SSSR count). The Hall–Kier alpha value is -1.64. The molecule has 1 unspecified atom stereocenters. The number of sulfone groups is 1. The fraction of sp³-hybridized carbons (Fsp3) is 0.632. The van der Waals surface area contributed by atoms with Crippen LogP contribution in [0.2, 0.25) is 0 Å². The summed E-state index contributed by atoms with van der Waals surface area (Å²) in [6.45, 7) is 10.1. The number of hydrogen-bond acceptors (Lipinski definition) is 5. The smallest absolute Gasteiger partial charge is 0.191 e. The molecule has 1 aromatic carbocycles. The van der Waals surface area contributed by atoms with E-state index in [0.717, 1.165) is 56.5 Å². The molecule has 152 valence electrons. The molecule has 8 heteroatoms. The fourth-order valence-corrected chi connectivity index (χ4v) is 4.16. The van der Waals surface area contributed by atoms with Crippen LogP contribution in [0.3, 0.4) is 0 Å². The van der Waals surface area contributed by atoms with Gasteiger partial charge in [-0.25, -0.2) is 8.42 Å². The summed E-state index contributed by atoms with van der Waals surface area (Å²) in [5.41, 5.74) is 1.78. The Bertz CT molecular complexity index is 743. The van der Waals surface area contributed by atoms with Crippen molar-refractivity contribution in [3.63, 3.8) is 0 Å². The lowest BCUT2D eigenvalue weighted by Crippen LogP contribution is -2.43. The zero-order chi connectivity index (χ0) is 19.9. The van der Waals surface area contributed by atoms with Gasteiger partial charge in [-0.05, 0) is 30.0 Å². The van der Waals surface area contributed by atoms with Crippen molar-refractivity contribution in [2.24, 2.45) is 10.9 Å². The number of nitrogens with zero attached hydrogens (tertiary/aromatic N) is 2. The summed E-state index contributed by atoms with van der Waals surface area (Å²) < 4.78 is 28.8. The average Bonchev–Trinajstić information content (AvgIpc) is 2.61. The molecule has 1 aromatic rings. The molecule has 2 N–H and O–H groups in total. The highest BCUT2D eigenvalue weighted by Gasteiger charge is 2.14. The van der Waals surface area contributed by atoms with E-state index in [2.05, 4.69) is 27.4 Å². The monoisotopic (exact) mass is 396 g/mol. The molecule has 1 aliphatic rings. The van der Waals surface area contributed by atoms with E-state index in [4.69, 9.17) is 4.74 Å². The molecule has 0 radical (unpaired) electrons. The first-order valence-electron chi connectivity index (χ1n) is 9.34. The highest BCUT2D eigenvalue weighted by atomic mass is 32.2. The number of hydrogen-bond donors (Lipinski definition) is 2. The van der Waals surface area contributed by atoms with E-state index < -0.39 is 9.84 Å². The topological polar surface area (TPSA) is 83.0 Å². The van der Waals surface area contributed by atoms with Crippen molar-refractivity contribution in [1.29, 1.82) is 0 Å². The Morgan fingerprint density at radius 3 is 2.59 bits per heavy atom. The number of nitrogens with one attached hydrogen (secondary N) is 2.